The molecule has 0 radical (unpaired) electrons. The lowest BCUT2D eigenvalue weighted by molar-refractivity contribution is 0.174. The van der Waals surface area contributed by atoms with Gasteiger partial charge in [0.05, 0.1) is 20.3 Å². The number of halogens is 1. The maximum atomic E-state index is 5.93. The van der Waals surface area contributed by atoms with E-state index in [0.717, 1.165) is 40.1 Å². The topological polar surface area (TPSA) is 40.2 Å². The smallest absolute Gasteiger partial charge is 0.231 e. The van der Waals surface area contributed by atoms with Gasteiger partial charge in [-0.3, -0.25) is 4.90 Å². The molecule has 0 N–H and O–H groups in total. The average Bonchev–Trinajstić information content (AvgIpc) is 3.14. The van der Waals surface area contributed by atoms with E-state index in [1.807, 2.05) is 18.2 Å². The van der Waals surface area contributed by atoms with Gasteiger partial charge >= 0.3 is 0 Å². The third kappa shape index (κ3) is 3.22. The van der Waals surface area contributed by atoms with Gasteiger partial charge in [-0.1, -0.05) is 21.9 Å². The van der Waals surface area contributed by atoms with Gasteiger partial charge in [0.1, 0.15) is 0 Å². The Balaban J connectivity index is 1.65. The van der Waals surface area contributed by atoms with E-state index in [0.29, 0.717) is 18.0 Å². The van der Waals surface area contributed by atoms with Crippen LogP contribution in [-0.4, -0.2) is 32.5 Å². The minimum Gasteiger partial charge on any atom is -0.493 e. The molecule has 2 heterocycles. The maximum absolute atomic E-state index is 5.93. The summed E-state index contributed by atoms with van der Waals surface area (Å²) in [5.74, 6) is 5.92. The van der Waals surface area contributed by atoms with Crippen molar-refractivity contribution in [2.24, 2.45) is 0 Å². The highest BCUT2D eigenvalue weighted by molar-refractivity contribution is 9.10. The highest BCUT2D eigenvalue weighted by atomic mass is 79.9. The normalized spacial score (nSPS) is 17.9. The number of ether oxygens (including phenoxy) is 4. The predicted octanol–water partition coefficient (Wildman–Crippen LogP) is 3.93. The molecule has 27 heavy (non-hydrogen) atoms. The second-order valence-electron chi connectivity index (χ2n) is 6.49. The number of rotatable bonds is 4. The first-order valence-corrected chi connectivity index (χ1v) is 9.47. The zero-order valence-corrected chi connectivity index (χ0v) is 16.8. The second kappa shape index (κ2) is 7.34. The quantitative estimate of drug-likeness (QED) is 0.688. The molecule has 0 saturated carbocycles. The molecule has 2 aliphatic rings. The molecule has 0 saturated heterocycles. The summed E-state index contributed by atoms with van der Waals surface area (Å²) in [4.78, 5) is 2.29. The highest BCUT2D eigenvalue weighted by Crippen LogP contribution is 2.41. The molecular weight excluding hydrogens is 410 g/mol. The lowest BCUT2D eigenvalue weighted by Crippen LogP contribution is -2.34. The number of fused-ring (bicyclic) bond motifs is 2. The van der Waals surface area contributed by atoms with Crippen molar-refractivity contribution in [2.45, 2.75) is 19.0 Å². The number of nitrogens with zero attached hydrogens (tertiary/aromatic N) is 1. The van der Waals surface area contributed by atoms with Crippen molar-refractivity contribution in [3.63, 3.8) is 0 Å². The first kappa shape index (κ1) is 18.0. The number of hydrogen-bond acceptors (Lipinski definition) is 5. The van der Waals surface area contributed by atoms with Crippen LogP contribution in [0.2, 0.25) is 0 Å². The minimum atomic E-state index is -0.122. The van der Waals surface area contributed by atoms with Gasteiger partial charge in [-0.25, -0.2) is 0 Å². The Bertz CT molecular complexity index is 921. The molecule has 2 aromatic carbocycles. The van der Waals surface area contributed by atoms with Crippen LogP contribution in [0.3, 0.4) is 0 Å². The summed E-state index contributed by atoms with van der Waals surface area (Å²) in [7, 11) is 3.27. The van der Waals surface area contributed by atoms with E-state index >= 15 is 0 Å². The number of methoxy groups -OCH3 is 2. The molecule has 0 amide bonds. The summed E-state index contributed by atoms with van der Waals surface area (Å²) in [5.41, 5.74) is 3.44. The molecule has 0 spiro atoms. The minimum absolute atomic E-state index is 0.122. The van der Waals surface area contributed by atoms with Gasteiger partial charge in [-0.05, 0) is 47.4 Å². The fourth-order valence-electron chi connectivity index (χ4n) is 3.66. The van der Waals surface area contributed by atoms with Crippen LogP contribution in [0, 0.1) is 12.3 Å². The molecule has 2 aromatic rings. The molecule has 6 heteroatoms. The van der Waals surface area contributed by atoms with Crippen molar-refractivity contribution >= 4 is 15.9 Å². The van der Waals surface area contributed by atoms with Crippen LogP contribution in [0.1, 0.15) is 22.7 Å². The van der Waals surface area contributed by atoms with E-state index < -0.39 is 0 Å². The number of hydrogen-bond donors (Lipinski definition) is 0. The van der Waals surface area contributed by atoms with E-state index in [4.69, 9.17) is 25.4 Å². The van der Waals surface area contributed by atoms with Gasteiger partial charge in [0.2, 0.25) is 6.79 Å². The SMILES string of the molecule is C#C[C@@H]1c2cc3c(cc2CCN1Cc1cc(OC)c(OC)cc1Br)OCO3. The Hall–Kier alpha value is -2.36. The largest absolute Gasteiger partial charge is 0.493 e. The van der Waals surface area contributed by atoms with Gasteiger partial charge in [0.25, 0.3) is 0 Å². The summed E-state index contributed by atoms with van der Waals surface area (Å²) in [5, 5.41) is 0. The molecule has 2 aliphatic heterocycles. The average molecular weight is 430 g/mol. The van der Waals surface area contributed by atoms with Crippen LogP contribution < -0.4 is 18.9 Å². The number of benzene rings is 2. The second-order valence-corrected chi connectivity index (χ2v) is 7.35. The van der Waals surface area contributed by atoms with Crippen LogP contribution in [0.5, 0.6) is 23.0 Å². The fraction of sp³-hybridized carbons (Fsp3) is 0.333. The standard InChI is InChI=1S/C21H20BrNO4/c1-4-17-15-9-21-20(26-12-27-21)7-13(15)5-6-23(17)11-14-8-18(24-2)19(25-3)10-16(14)22/h1,7-10,17H,5-6,11-12H2,2-3H3/t17-/m1/s1. The van der Waals surface area contributed by atoms with Crippen LogP contribution in [0.15, 0.2) is 28.7 Å². The summed E-state index contributed by atoms with van der Waals surface area (Å²) < 4.78 is 22.8. The van der Waals surface area contributed by atoms with E-state index in [1.165, 1.54) is 5.56 Å². The maximum Gasteiger partial charge on any atom is 0.231 e. The Kier molecular flexibility index (Phi) is 4.90. The van der Waals surface area contributed by atoms with Crippen molar-refractivity contribution < 1.29 is 18.9 Å². The van der Waals surface area contributed by atoms with Crippen molar-refractivity contribution in [2.75, 3.05) is 27.6 Å². The van der Waals surface area contributed by atoms with Crippen LogP contribution >= 0.6 is 15.9 Å². The predicted molar refractivity (Wildman–Crippen MR) is 105 cm³/mol. The monoisotopic (exact) mass is 429 g/mol. The van der Waals surface area contributed by atoms with Gasteiger partial charge in [0, 0.05) is 17.6 Å². The van der Waals surface area contributed by atoms with E-state index in [2.05, 4.69) is 32.8 Å². The van der Waals surface area contributed by atoms with Crippen molar-refractivity contribution in [3.8, 4) is 35.3 Å². The van der Waals surface area contributed by atoms with E-state index in [-0.39, 0.29) is 12.8 Å². The molecule has 4 rings (SSSR count). The third-order valence-corrected chi connectivity index (χ3v) is 5.78. The van der Waals surface area contributed by atoms with Crippen LogP contribution in [0.4, 0.5) is 0 Å². The number of terminal acetylenes is 1. The molecule has 140 valence electrons. The Morgan fingerprint density at radius 2 is 1.85 bits per heavy atom. The summed E-state index contributed by atoms with van der Waals surface area (Å²) in [6.45, 7) is 1.83. The highest BCUT2D eigenvalue weighted by Gasteiger charge is 2.29. The third-order valence-electron chi connectivity index (χ3n) is 5.05. The molecule has 0 unspecified atom stereocenters. The lowest BCUT2D eigenvalue weighted by Gasteiger charge is -2.34. The van der Waals surface area contributed by atoms with Crippen LogP contribution in [0.25, 0.3) is 0 Å². The fourth-order valence-corrected chi connectivity index (χ4v) is 4.11. The zero-order chi connectivity index (χ0) is 19.0. The molecule has 0 aromatic heterocycles. The molecule has 0 aliphatic carbocycles. The first-order valence-electron chi connectivity index (χ1n) is 8.67. The Morgan fingerprint density at radius 1 is 1.15 bits per heavy atom. The van der Waals surface area contributed by atoms with E-state index in [9.17, 15) is 0 Å². The van der Waals surface area contributed by atoms with Gasteiger partial charge < -0.3 is 18.9 Å². The van der Waals surface area contributed by atoms with Crippen molar-refractivity contribution in [1.29, 1.82) is 0 Å². The van der Waals surface area contributed by atoms with Crippen LogP contribution in [-0.2, 0) is 13.0 Å². The summed E-state index contributed by atoms with van der Waals surface area (Å²) in [6.07, 6.45) is 6.84. The zero-order valence-electron chi connectivity index (χ0n) is 15.3. The molecular formula is C21H20BrNO4. The lowest BCUT2D eigenvalue weighted by atomic mass is 9.92. The van der Waals surface area contributed by atoms with Gasteiger partial charge in [-0.15, -0.1) is 6.42 Å². The first-order chi connectivity index (χ1) is 13.1. The Morgan fingerprint density at radius 3 is 2.56 bits per heavy atom. The molecule has 0 fully saturated rings. The van der Waals surface area contributed by atoms with Crippen molar-refractivity contribution in [3.05, 3.63) is 45.4 Å². The Labute approximate surface area is 167 Å². The van der Waals surface area contributed by atoms with Gasteiger partial charge in [-0.2, -0.15) is 0 Å². The van der Waals surface area contributed by atoms with E-state index in [1.54, 1.807) is 14.2 Å². The summed E-state index contributed by atoms with van der Waals surface area (Å²) in [6, 6.07) is 7.88. The van der Waals surface area contributed by atoms with Gasteiger partial charge in [0.15, 0.2) is 23.0 Å². The summed E-state index contributed by atoms with van der Waals surface area (Å²) >= 11 is 3.64. The van der Waals surface area contributed by atoms with Crippen molar-refractivity contribution in [1.82, 2.24) is 4.90 Å². The molecule has 0 bridgehead atoms. The molecule has 1 atom stereocenters. The molecule has 5 nitrogen and oxygen atoms in total.